The lowest BCUT2D eigenvalue weighted by Gasteiger charge is -2.31. The first-order valence-corrected chi connectivity index (χ1v) is 6.96. The second-order valence-corrected chi connectivity index (χ2v) is 5.07. The minimum Gasteiger partial charge on any atom is -0.379 e. The maximum atomic E-state index is 5.34. The minimum absolute atomic E-state index is 0.642. The molecule has 0 aromatic carbocycles. The summed E-state index contributed by atoms with van der Waals surface area (Å²) < 4.78 is 5.34. The summed E-state index contributed by atoms with van der Waals surface area (Å²) in [5.74, 6) is 0. The molecule has 1 heterocycles. The molecule has 90 valence electrons. The van der Waals surface area contributed by atoms with Crippen LogP contribution >= 0.6 is 15.9 Å². The van der Waals surface area contributed by atoms with Gasteiger partial charge < -0.3 is 4.74 Å². The Morgan fingerprint density at radius 1 is 1.27 bits per heavy atom. The second kappa shape index (κ2) is 7.60. The van der Waals surface area contributed by atoms with Gasteiger partial charge in [0.05, 0.1) is 13.2 Å². The average Bonchev–Trinajstić information content (AvgIpc) is 2.25. The number of hydrogen-bond acceptors (Lipinski definition) is 3. The van der Waals surface area contributed by atoms with Crippen LogP contribution in [0.3, 0.4) is 0 Å². The molecule has 0 aromatic rings. The van der Waals surface area contributed by atoms with Gasteiger partial charge in [0.1, 0.15) is 0 Å². The number of halogens is 1. The van der Waals surface area contributed by atoms with Crippen molar-refractivity contribution in [1.82, 2.24) is 9.80 Å². The Kier molecular flexibility index (Phi) is 6.81. The Bertz CT molecular complexity index is 161. The first kappa shape index (κ1) is 13.4. The number of nitrogens with zero attached hydrogens (tertiary/aromatic N) is 2. The highest BCUT2D eigenvalue weighted by Crippen LogP contribution is 2.02. The van der Waals surface area contributed by atoms with Crippen LogP contribution in [0.4, 0.5) is 0 Å². The third kappa shape index (κ3) is 5.29. The van der Waals surface area contributed by atoms with Gasteiger partial charge in [0.25, 0.3) is 0 Å². The molecule has 0 radical (unpaired) electrons. The van der Waals surface area contributed by atoms with E-state index in [1.807, 2.05) is 0 Å². The fourth-order valence-electron chi connectivity index (χ4n) is 1.83. The van der Waals surface area contributed by atoms with E-state index in [4.69, 9.17) is 4.74 Å². The molecule has 0 atom stereocenters. The lowest BCUT2D eigenvalue weighted by atomic mass is 10.3. The van der Waals surface area contributed by atoms with Crippen LogP contribution in [0.2, 0.25) is 0 Å². The van der Waals surface area contributed by atoms with Crippen molar-refractivity contribution < 1.29 is 4.74 Å². The molecule has 0 spiro atoms. The molecule has 0 saturated carbocycles. The molecule has 0 aliphatic carbocycles. The molecule has 0 amide bonds. The number of rotatable bonds is 6. The largest absolute Gasteiger partial charge is 0.379 e. The minimum atomic E-state index is 0.642. The van der Waals surface area contributed by atoms with Gasteiger partial charge in [-0.3, -0.25) is 9.80 Å². The topological polar surface area (TPSA) is 15.7 Å². The number of ether oxygens (including phenoxy) is 1. The number of hydrogen-bond donors (Lipinski definition) is 0. The maximum absolute atomic E-state index is 5.34. The van der Waals surface area contributed by atoms with Crippen molar-refractivity contribution in [2.75, 3.05) is 51.3 Å². The van der Waals surface area contributed by atoms with Gasteiger partial charge in [-0.25, -0.2) is 0 Å². The molecule has 1 rings (SSSR count). The zero-order chi connectivity index (χ0) is 11.1. The summed E-state index contributed by atoms with van der Waals surface area (Å²) in [4.78, 5) is 5.01. The third-order valence-electron chi connectivity index (χ3n) is 2.91. The number of alkyl halides is 1. The van der Waals surface area contributed by atoms with Gasteiger partial charge in [0.15, 0.2) is 0 Å². The van der Waals surface area contributed by atoms with Crippen molar-refractivity contribution in [2.45, 2.75) is 19.9 Å². The van der Waals surface area contributed by atoms with Gasteiger partial charge in [-0.15, -0.1) is 0 Å². The smallest absolute Gasteiger partial charge is 0.0594 e. The molecular weight excluding hydrogens is 256 g/mol. The molecule has 0 unspecified atom stereocenters. The summed E-state index contributed by atoms with van der Waals surface area (Å²) in [6.07, 6.45) is 0. The van der Waals surface area contributed by atoms with Crippen molar-refractivity contribution in [2.24, 2.45) is 0 Å². The van der Waals surface area contributed by atoms with Crippen LogP contribution in [0, 0.1) is 0 Å². The van der Waals surface area contributed by atoms with E-state index in [9.17, 15) is 0 Å². The van der Waals surface area contributed by atoms with Crippen molar-refractivity contribution in [1.29, 1.82) is 0 Å². The van der Waals surface area contributed by atoms with Gasteiger partial charge in [0.2, 0.25) is 0 Å². The molecule has 3 nitrogen and oxygen atoms in total. The lowest BCUT2D eigenvalue weighted by molar-refractivity contribution is 0.0321. The van der Waals surface area contributed by atoms with E-state index in [0.717, 1.165) is 38.2 Å². The van der Waals surface area contributed by atoms with E-state index in [1.54, 1.807) is 0 Å². The molecule has 1 fully saturated rings. The monoisotopic (exact) mass is 278 g/mol. The Hall–Kier alpha value is 0.360. The van der Waals surface area contributed by atoms with Crippen LogP contribution in [0.15, 0.2) is 0 Å². The molecule has 0 aromatic heterocycles. The third-order valence-corrected chi connectivity index (χ3v) is 3.26. The van der Waals surface area contributed by atoms with Gasteiger partial charge in [0, 0.05) is 44.1 Å². The van der Waals surface area contributed by atoms with Crippen molar-refractivity contribution in [3.05, 3.63) is 0 Å². The van der Waals surface area contributed by atoms with Crippen LogP contribution in [0.5, 0.6) is 0 Å². The highest BCUT2D eigenvalue weighted by atomic mass is 79.9. The van der Waals surface area contributed by atoms with Crippen LogP contribution < -0.4 is 0 Å². The highest BCUT2D eigenvalue weighted by molar-refractivity contribution is 9.09. The van der Waals surface area contributed by atoms with Gasteiger partial charge in [-0.05, 0) is 13.8 Å². The van der Waals surface area contributed by atoms with Gasteiger partial charge >= 0.3 is 0 Å². The zero-order valence-electron chi connectivity index (χ0n) is 9.91. The summed E-state index contributed by atoms with van der Waals surface area (Å²) in [6, 6.07) is 0.642. The van der Waals surface area contributed by atoms with E-state index < -0.39 is 0 Å². The molecule has 1 saturated heterocycles. The van der Waals surface area contributed by atoms with Crippen molar-refractivity contribution >= 4 is 15.9 Å². The standard InChI is InChI=1S/C11H23BrN2O/c1-11(2)14(4-3-12)6-5-13-7-9-15-10-8-13/h11H,3-10H2,1-2H3. The quantitative estimate of drug-likeness (QED) is 0.684. The Morgan fingerprint density at radius 3 is 2.47 bits per heavy atom. The summed E-state index contributed by atoms with van der Waals surface area (Å²) in [7, 11) is 0. The van der Waals surface area contributed by atoms with Crippen LogP contribution in [-0.4, -0.2) is 67.1 Å². The molecular formula is C11H23BrN2O. The predicted molar refractivity (Wildman–Crippen MR) is 67.8 cm³/mol. The molecule has 4 heteroatoms. The summed E-state index contributed by atoms with van der Waals surface area (Å²) in [5, 5.41) is 1.06. The van der Waals surface area contributed by atoms with Crippen LogP contribution in [-0.2, 0) is 4.74 Å². The normalized spacial score (nSPS) is 19.0. The SMILES string of the molecule is CC(C)N(CCBr)CCN1CCOCC1. The maximum Gasteiger partial charge on any atom is 0.0594 e. The summed E-state index contributed by atoms with van der Waals surface area (Å²) >= 11 is 3.51. The Balaban J connectivity index is 2.19. The first-order valence-electron chi connectivity index (χ1n) is 5.84. The molecule has 0 bridgehead atoms. The van der Waals surface area contributed by atoms with E-state index in [-0.39, 0.29) is 0 Å². The summed E-state index contributed by atoms with van der Waals surface area (Å²) in [6.45, 7) is 12.0. The fraction of sp³-hybridized carbons (Fsp3) is 1.00. The Labute approximate surface area is 102 Å². The molecule has 1 aliphatic heterocycles. The van der Waals surface area contributed by atoms with Gasteiger partial charge in [-0.2, -0.15) is 0 Å². The predicted octanol–water partition coefficient (Wildman–Crippen LogP) is 1.42. The lowest BCUT2D eigenvalue weighted by Crippen LogP contribution is -2.43. The van der Waals surface area contributed by atoms with E-state index in [2.05, 4.69) is 39.6 Å². The van der Waals surface area contributed by atoms with E-state index >= 15 is 0 Å². The average molecular weight is 279 g/mol. The van der Waals surface area contributed by atoms with Gasteiger partial charge in [-0.1, -0.05) is 15.9 Å². The summed E-state index contributed by atoms with van der Waals surface area (Å²) in [5.41, 5.74) is 0. The zero-order valence-corrected chi connectivity index (χ0v) is 11.5. The highest BCUT2D eigenvalue weighted by Gasteiger charge is 2.13. The molecule has 1 aliphatic rings. The first-order chi connectivity index (χ1) is 7.24. The van der Waals surface area contributed by atoms with Crippen molar-refractivity contribution in [3.8, 4) is 0 Å². The van der Waals surface area contributed by atoms with Crippen molar-refractivity contribution in [3.63, 3.8) is 0 Å². The molecule has 0 N–H and O–H groups in total. The number of morpholine rings is 1. The van der Waals surface area contributed by atoms with Crippen LogP contribution in [0.25, 0.3) is 0 Å². The Morgan fingerprint density at radius 2 is 1.93 bits per heavy atom. The fourth-order valence-corrected chi connectivity index (χ4v) is 2.29. The molecule has 15 heavy (non-hydrogen) atoms. The second-order valence-electron chi connectivity index (χ2n) is 4.27. The van der Waals surface area contributed by atoms with E-state index in [0.29, 0.717) is 6.04 Å². The van der Waals surface area contributed by atoms with E-state index in [1.165, 1.54) is 13.1 Å². The van der Waals surface area contributed by atoms with Crippen LogP contribution in [0.1, 0.15) is 13.8 Å².